The number of nitrogen functional groups attached to an aromatic ring is 1. The van der Waals surface area contributed by atoms with Gasteiger partial charge in [-0.1, -0.05) is 5.10 Å². The summed E-state index contributed by atoms with van der Waals surface area (Å²) in [7, 11) is 0. The van der Waals surface area contributed by atoms with E-state index < -0.39 is 4.92 Å². The molecule has 1 aromatic carbocycles. The second-order valence-corrected chi connectivity index (χ2v) is 3.26. The molecule has 0 unspecified atom stereocenters. The minimum atomic E-state index is -0.476. The molecule has 82 valence electrons. The van der Waals surface area contributed by atoms with Gasteiger partial charge in [-0.3, -0.25) is 10.1 Å². The fourth-order valence-electron chi connectivity index (χ4n) is 1.34. The molecule has 7 heteroatoms. The van der Waals surface area contributed by atoms with E-state index >= 15 is 0 Å². The Hall–Kier alpha value is -2.44. The summed E-state index contributed by atoms with van der Waals surface area (Å²) in [5, 5.41) is 17.8. The van der Waals surface area contributed by atoms with E-state index in [-0.39, 0.29) is 17.6 Å². The number of nitro benzene ring substituents is 1. The first kappa shape index (κ1) is 10.1. The topological polar surface area (TPSA) is 108 Å². The lowest BCUT2D eigenvalue weighted by Crippen LogP contribution is -1.90. The van der Waals surface area contributed by atoms with Gasteiger partial charge in [0.25, 0.3) is 5.69 Å². The predicted octanol–water partition coefficient (Wildman–Crippen LogP) is 1.54. The summed E-state index contributed by atoms with van der Waals surface area (Å²) in [6.45, 7) is 1.75. The highest BCUT2D eigenvalue weighted by Gasteiger charge is 2.13. The van der Waals surface area contributed by atoms with E-state index in [2.05, 4.69) is 10.2 Å². The minimum Gasteiger partial charge on any atom is -0.404 e. The van der Waals surface area contributed by atoms with E-state index in [0.29, 0.717) is 5.56 Å². The zero-order valence-corrected chi connectivity index (χ0v) is 8.38. The molecule has 0 spiro atoms. The second-order valence-electron chi connectivity index (χ2n) is 3.26. The van der Waals surface area contributed by atoms with Crippen LogP contribution in [-0.2, 0) is 0 Å². The number of nitro groups is 1. The van der Waals surface area contributed by atoms with Crippen LogP contribution in [0.4, 0.5) is 11.7 Å². The van der Waals surface area contributed by atoms with E-state index in [4.69, 9.17) is 10.2 Å². The van der Waals surface area contributed by atoms with Crippen LogP contribution in [0.1, 0.15) is 5.56 Å². The van der Waals surface area contributed by atoms with Crippen LogP contribution in [0.15, 0.2) is 22.6 Å². The van der Waals surface area contributed by atoms with Crippen molar-refractivity contribution in [2.24, 2.45) is 0 Å². The molecule has 2 rings (SSSR count). The Morgan fingerprint density at radius 3 is 2.69 bits per heavy atom. The highest BCUT2D eigenvalue weighted by molar-refractivity contribution is 5.59. The van der Waals surface area contributed by atoms with Crippen LogP contribution in [0.5, 0.6) is 0 Å². The van der Waals surface area contributed by atoms with Crippen molar-refractivity contribution in [1.82, 2.24) is 10.2 Å². The Bertz CT molecular complexity index is 549. The standard InChI is InChI=1S/C9H8N4O3/c1-5-2-6(4-7(3-5)13(14)15)8-11-12-9(10)16-8/h2-4H,1H3,(H2,10,12). The first-order valence-electron chi connectivity index (χ1n) is 4.41. The van der Waals surface area contributed by atoms with Crippen LogP contribution in [0.2, 0.25) is 0 Å². The van der Waals surface area contributed by atoms with Crippen molar-refractivity contribution in [3.05, 3.63) is 33.9 Å². The Labute approximate surface area is 90.0 Å². The van der Waals surface area contributed by atoms with Gasteiger partial charge in [-0.15, -0.1) is 5.10 Å². The number of hydrogen-bond acceptors (Lipinski definition) is 6. The van der Waals surface area contributed by atoms with E-state index in [1.54, 1.807) is 13.0 Å². The number of nitrogens with two attached hydrogens (primary N) is 1. The van der Waals surface area contributed by atoms with Crippen molar-refractivity contribution < 1.29 is 9.34 Å². The molecule has 0 atom stereocenters. The van der Waals surface area contributed by atoms with Crippen molar-refractivity contribution in [2.45, 2.75) is 6.92 Å². The van der Waals surface area contributed by atoms with E-state index in [1.807, 2.05) is 0 Å². The molecule has 0 bridgehead atoms. The molecule has 0 saturated carbocycles. The van der Waals surface area contributed by atoms with Gasteiger partial charge in [0, 0.05) is 17.7 Å². The number of aromatic nitrogens is 2. The highest BCUT2D eigenvalue weighted by Crippen LogP contribution is 2.25. The molecule has 16 heavy (non-hydrogen) atoms. The fourth-order valence-corrected chi connectivity index (χ4v) is 1.34. The van der Waals surface area contributed by atoms with Crippen molar-refractivity contribution in [3.8, 4) is 11.5 Å². The largest absolute Gasteiger partial charge is 0.404 e. The lowest BCUT2D eigenvalue weighted by molar-refractivity contribution is -0.384. The Balaban J connectivity index is 2.53. The number of hydrogen-bond donors (Lipinski definition) is 1. The Morgan fingerprint density at radius 1 is 1.38 bits per heavy atom. The summed E-state index contributed by atoms with van der Waals surface area (Å²) in [6, 6.07) is 4.46. The third-order valence-corrected chi connectivity index (χ3v) is 1.96. The Kier molecular flexibility index (Phi) is 2.28. The smallest absolute Gasteiger partial charge is 0.313 e. The average molecular weight is 220 g/mol. The van der Waals surface area contributed by atoms with Crippen LogP contribution in [-0.4, -0.2) is 15.1 Å². The molecule has 0 aliphatic rings. The van der Waals surface area contributed by atoms with Gasteiger partial charge in [-0.25, -0.2) is 0 Å². The first-order chi connectivity index (χ1) is 7.56. The molecule has 2 N–H and O–H groups in total. The van der Waals surface area contributed by atoms with Crippen LogP contribution in [0, 0.1) is 17.0 Å². The van der Waals surface area contributed by atoms with Gasteiger partial charge in [0.1, 0.15) is 0 Å². The summed E-state index contributed by atoms with van der Waals surface area (Å²) in [4.78, 5) is 10.2. The van der Waals surface area contributed by atoms with Crippen LogP contribution in [0.3, 0.4) is 0 Å². The van der Waals surface area contributed by atoms with Gasteiger partial charge in [0.15, 0.2) is 0 Å². The van der Waals surface area contributed by atoms with E-state index in [0.717, 1.165) is 5.56 Å². The Morgan fingerprint density at radius 2 is 2.12 bits per heavy atom. The number of nitrogens with zero attached hydrogens (tertiary/aromatic N) is 3. The SMILES string of the molecule is Cc1cc(-c2nnc(N)o2)cc([N+](=O)[O-])c1. The lowest BCUT2D eigenvalue weighted by atomic mass is 10.1. The van der Waals surface area contributed by atoms with Gasteiger partial charge in [-0.2, -0.15) is 0 Å². The molecule has 0 saturated heterocycles. The quantitative estimate of drug-likeness (QED) is 0.607. The maximum atomic E-state index is 10.7. The monoisotopic (exact) mass is 220 g/mol. The van der Waals surface area contributed by atoms with Crippen molar-refractivity contribution >= 4 is 11.7 Å². The van der Waals surface area contributed by atoms with Crippen LogP contribution in [0.25, 0.3) is 11.5 Å². The van der Waals surface area contributed by atoms with Crippen LogP contribution < -0.4 is 5.73 Å². The molecule has 0 fully saturated rings. The van der Waals surface area contributed by atoms with Gasteiger partial charge in [0.05, 0.1) is 4.92 Å². The zero-order valence-electron chi connectivity index (χ0n) is 8.38. The summed E-state index contributed by atoms with van der Waals surface area (Å²) >= 11 is 0. The molecule has 1 heterocycles. The van der Waals surface area contributed by atoms with E-state index in [9.17, 15) is 10.1 Å². The summed E-state index contributed by atoms with van der Waals surface area (Å²) < 4.78 is 4.99. The number of benzene rings is 1. The van der Waals surface area contributed by atoms with E-state index in [1.165, 1.54) is 12.1 Å². The summed E-state index contributed by atoms with van der Waals surface area (Å²) in [5.74, 6) is 0.171. The second kappa shape index (κ2) is 3.61. The minimum absolute atomic E-state index is 0.0215. The average Bonchev–Trinajstić information content (AvgIpc) is 2.64. The molecule has 0 amide bonds. The molecule has 7 nitrogen and oxygen atoms in total. The number of anilines is 1. The molecular formula is C9H8N4O3. The molecule has 1 aromatic heterocycles. The fraction of sp³-hybridized carbons (Fsp3) is 0.111. The van der Waals surface area contributed by atoms with Gasteiger partial charge < -0.3 is 10.2 Å². The maximum Gasteiger partial charge on any atom is 0.313 e. The number of rotatable bonds is 2. The third kappa shape index (κ3) is 1.83. The predicted molar refractivity (Wildman–Crippen MR) is 55.5 cm³/mol. The van der Waals surface area contributed by atoms with Crippen molar-refractivity contribution in [3.63, 3.8) is 0 Å². The van der Waals surface area contributed by atoms with Gasteiger partial charge in [0.2, 0.25) is 5.89 Å². The number of non-ortho nitro benzene ring substituents is 1. The van der Waals surface area contributed by atoms with Crippen molar-refractivity contribution in [2.75, 3.05) is 5.73 Å². The molecule has 0 aliphatic carbocycles. The van der Waals surface area contributed by atoms with Gasteiger partial charge >= 0.3 is 6.01 Å². The molecular weight excluding hydrogens is 212 g/mol. The highest BCUT2D eigenvalue weighted by atomic mass is 16.6. The zero-order chi connectivity index (χ0) is 11.7. The van der Waals surface area contributed by atoms with Crippen molar-refractivity contribution in [1.29, 1.82) is 0 Å². The summed E-state index contributed by atoms with van der Waals surface area (Å²) in [6.07, 6.45) is 0. The van der Waals surface area contributed by atoms with Gasteiger partial charge in [-0.05, 0) is 18.6 Å². The molecule has 0 radical (unpaired) electrons. The summed E-state index contributed by atoms with van der Waals surface area (Å²) in [5.41, 5.74) is 6.48. The number of aryl methyl sites for hydroxylation is 1. The third-order valence-electron chi connectivity index (χ3n) is 1.96. The van der Waals surface area contributed by atoms with Crippen LogP contribution >= 0.6 is 0 Å². The molecule has 0 aliphatic heterocycles. The molecule has 2 aromatic rings. The normalized spacial score (nSPS) is 10.3. The maximum absolute atomic E-state index is 10.7. The first-order valence-corrected chi connectivity index (χ1v) is 4.41. The lowest BCUT2D eigenvalue weighted by Gasteiger charge is -1.98.